The minimum absolute atomic E-state index is 0.0432. The van der Waals surface area contributed by atoms with E-state index in [-0.39, 0.29) is 25.3 Å². The van der Waals surface area contributed by atoms with Crippen LogP contribution in [0.3, 0.4) is 0 Å². The fourth-order valence-corrected chi connectivity index (χ4v) is 4.36. The van der Waals surface area contributed by atoms with Crippen molar-refractivity contribution in [1.82, 2.24) is 19.4 Å². The van der Waals surface area contributed by atoms with Gasteiger partial charge in [-0.1, -0.05) is 0 Å². The lowest BCUT2D eigenvalue weighted by atomic mass is 9.95. The van der Waals surface area contributed by atoms with Crippen molar-refractivity contribution in [2.24, 2.45) is 5.73 Å². The molecule has 2 fully saturated rings. The third-order valence-corrected chi connectivity index (χ3v) is 5.85. The summed E-state index contributed by atoms with van der Waals surface area (Å²) < 4.78 is 48.9. The van der Waals surface area contributed by atoms with Gasteiger partial charge >= 0.3 is 6.18 Å². The number of anilines is 1. The SMILES string of the molecule is NCC1(C(F)(F)F)CCCN1CC1CCC(n2ccc3c(N)ncnc32)O1. The molecule has 27 heavy (non-hydrogen) atoms. The lowest BCUT2D eigenvalue weighted by Crippen LogP contribution is -2.61. The van der Waals surface area contributed by atoms with Gasteiger partial charge < -0.3 is 20.8 Å². The normalized spacial score (nSPS) is 29.8. The third-order valence-electron chi connectivity index (χ3n) is 5.85. The number of rotatable bonds is 4. The number of nitrogen functional groups attached to an aromatic ring is 1. The van der Waals surface area contributed by atoms with Gasteiger partial charge in [0.2, 0.25) is 0 Å². The van der Waals surface area contributed by atoms with Crippen molar-refractivity contribution in [2.75, 3.05) is 25.4 Å². The molecular weight excluding hydrogens is 361 g/mol. The largest absolute Gasteiger partial charge is 0.408 e. The van der Waals surface area contributed by atoms with Gasteiger partial charge in [0.1, 0.15) is 29.6 Å². The molecule has 2 aliphatic rings. The van der Waals surface area contributed by atoms with Crippen LogP contribution in [0.4, 0.5) is 19.0 Å². The van der Waals surface area contributed by atoms with Crippen molar-refractivity contribution >= 4 is 16.9 Å². The number of alkyl halides is 3. The third kappa shape index (κ3) is 2.95. The molecule has 2 aromatic rings. The highest BCUT2D eigenvalue weighted by molar-refractivity contribution is 5.86. The van der Waals surface area contributed by atoms with Crippen molar-refractivity contribution in [2.45, 2.75) is 49.7 Å². The van der Waals surface area contributed by atoms with Crippen molar-refractivity contribution in [3.8, 4) is 0 Å². The van der Waals surface area contributed by atoms with Crippen LogP contribution in [-0.2, 0) is 4.74 Å². The van der Waals surface area contributed by atoms with Gasteiger partial charge in [0.15, 0.2) is 0 Å². The van der Waals surface area contributed by atoms with E-state index in [0.29, 0.717) is 37.3 Å². The quantitative estimate of drug-likeness (QED) is 0.838. The Labute approximate surface area is 154 Å². The Balaban J connectivity index is 1.49. The van der Waals surface area contributed by atoms with E-state index in [4.69, 9.17) is 16.2 Å². The minimum Gasteiger partial charge on any atom is -0.383 e. The molecule has 0 amide bonds. The molecule has 10 heteroatoms. The number of fused-ring (bicyclic) bond motifs is 1. The molecule has 3 unspecified atom stereocenters. The van der Waals surface area contributed by atoms with Crippen LogP contribution in [0.15, 0.2) is 18.6 Å². The van der Waals surface area contributed by atoms with Gasteiger partial charge in [-0.25, -0.2) is 9.97 Å². The number of nitrogens with zero attached hydrogens (tertiary/aromatic N) is 4. The number of aromatic nitrogens is 3. The molecule has 3 atom stereocenters. The van der Waals surface area contributed by atoms with Crippen LogP contribution in [0.25, 0.3) is 11.0 Å². The molecule has 7 nitrogen and oxygen atoms in total. The highest BCUT2D eigenvalue weighted by atomic mass is 19.4. The Morgan fingerprint density at radius 3 is 2.85 bits per heavy atom. The van der Waals surface area contributed by atoms with Gasteiger partial charge in [-0.05, 0) is 38.3 Å². The van der Waals surface area contributed by atoms with Crippen LogP contribution in [0.1, 0.15) is 31.9 Å². The Bertz CT molecular complexity index is 825. The second-order valence-electron chi connectivity index (χ2n) is 7.29. The van der Waals surface area contributed by atoms with Gasteiger partial charge in [-0.3, -0.25) is 4.90 Å². The highest BCUT2D eigenvalue weighted by Gasteiger charge is 2.59. The summed E-state index contributed by atoms with van der Waals surface area (Å²) in [6, 6.07) is 1.82. The highest BCUT2D eigenvalue weighted by Crippen LogP contribution is 2.43. The molecule has 0 saturated carbocycles. The van der Waals surface area contributed by atoms with E-state index in [0.717, 1.165) is 5.39 Å². The number of nitrogens with two attached hydrogens (primary N) is 2. The van der Waals surface area contributed by atoms with Crippen molar-refractivity contribution in [1.29, 1.82) is 0 Å². The van der Waals surface area contributed by atoms with E-state index in [1.807, 2.05) is 16.8 Å². The average molecular weight is 384 g/mol. The lowest BCUT2D eigenvalue weighted by Gasteiger charge is -2.40. The first-order chi connectivity index (χ1) is 12.9. The maximum absolute atomic E-state index is 13.7. The van der Waals surface area contributed by atoms with Crippen molar-refractivity contribution in [3.05, 3.63) is 18.6 Å². The second-order valence-corrected chi connectivity index (χ2v) is 7.29. The molecule has 0 bridgehead atoms. The van der Waals surface area contributed by atoms with Crippen LogP contribution in [0, 0.1) is 0 Å². The smallest absolute Gasteiger partial charge is 0.383 e. The molecule has 4 N–H and O–H groups in total. The van der Waals surface area contributed by atoms with E-state index in [1.54, 1.807) is 0 Å². The average Bonchev–Trinajstić information content (AvgIpc) is 3.32. The number of hydrogen-bond acceptors (Lipinski definition) is 6. The summed E-state index contributed by atoms with van der Waals surface area (Å²) in [6.45, 7) is 0.187. The van der Waals surface area contributed by atoms with Gasteiger partial charge in [0.05, 0.1) is 11.5 Å². The van der Waals surface area contributed by atoms with Crippen molar-refractivity contribution in [3.63, 3.8) is 0 Å². The minimum atomic E-state index is -4.35. The van der Waals surface area contributed by atoms with Crippen molar-refractivity contribution < 1.29 is 17.9 Å². The zero-order chi connectivity index (χ0) is 19.2. The van der Waals surface area contributed by atoms with Crippen LogP contribution in [0.5, 0.6) is 0 Å². The first-order valence-corrected chi connectivity index (χ1v) is 9.10. The maximum Gasteiger partial charge on any atom is 0.408 e. The summed E-state index contributed by atoms with van der Waals surface area (Å²) in [5.41, 5.74) is 10.2. The first kappa shape index (κ1) is 18.5. The molecule has 0 aromatic carbocycles. The standard InChI is InChI=1S/C17H23F3N6O/c18-17(19,20)16(9-21)5-1-6-25(16)8-11-2-3-13(27-11)26-7-4-12-14(22)23-10-24-15(12)26/h4,7,10-11,13H,1-3,5-6,8-9,21H2,(H2,22,23,24). The summed E-state index contributed by atoms with van der Waals surface area (Å²) in [6.07, 6.45) is 0.241. The molecule has 148 valence electrons. The fourth-order valence-electron chi connectivity index (χ4n) is 4.36. The molecule has 2 saturated heterocycles. The Hall–Kier alpha value is -1.91. The molecule has 0 aliphatic carbocycles. The van der Waals surface area contributed by atoms with Gasteiger partial charge in [0, 0.05) is 19.3 Å². The predicted octanol–water partition coefficient (Wildman–Crippen LogP) is 2.05. The number of hydrogen-bond donors (Lipinski definition) is 2. The molecular formula is C17H23F3N6O. The summed E-state index contributed by atoms with van der Waals surface area (Å²) in [5, 5.41) is 0.739. The molecule has 0 spiro atoms. The van der Waals surface area contributed by atoms with Gasteiger partial charge in [0.25, 0.3) is 0 Å². The summed E-state index contributed by atoms with van der Waals surface area (Å²) in [5.74, 6) is 0.392. The van der Waals surface area contributed by atoms with Crippen LogP contribution < -0.4 is 11.5 Å². The van der Waals surface area contributed by atoms with Crippen LogP contribution in [-0.4, -0.2) is 56.9 Å². The van der Waals surface area contributed by atoms with E-state index in [9.17, 15) is 13.2 Å². The molecule has 4 heterocycles. The van der Waals surface area contributed by atoms with E-state index in [1.165, 1.54) is 11.2 Å². The topological polar surface area (TPSA) is 95.2 Å². The van der Waals surface area contributed by atoms with Crippen LogP contribution in [0.2, 0.25) is 0 Å². The second kappa shape index (κ2) is 6.61. The van der Waals surface area contributed by atoms with Gasteiger partial charge in [-0.2, -0.15) is 13.2 Å². The summed E-state index contributed by atoms with van der Waals surface area (Å²) in [4.78, 5) is 9.69. The number of likely N-dealkylation sites (tertiary alicyclic amines) is 1. The number of halogens is 3. The monoisotopic (exact) mass is 384 g/mol. The van der Waals surface area contributed by atoms with E-state index in [2.05, 4.69) is 9.97 Å². The zero-order valence-corrected chi connectivity index (χ0v) is 14.8. The number of ether oxygens (including phenoxy) is 1. The Morgan fingerprint density at radius 2 is 2.11 bits per heavy atom. The maximum atomic E-state index is 13.7. The first-order valence-electron chi connectivity index (χ1n) is 9.10. The fraction of sp³-hybridized carbons (Fsp3) is 0.647. The molecule has 0 radical (unpaired) electrons. The molecule has 2 aromatic heterocycles. The summed E-state index contributed by atoms with van der Waals surface area (Å²) >= 11 is 0. The Kier molecular flexibility index (Phi) is 4.52. The zero-order valence-electron chi connectivity index (χ0n) is 14.8. The molecule has 4 rings (SSSR count). The van der Waals surface area contributed by atoms with Crippen LogP contribution >= 0.6 is 0 Å². The summed E-state index contributed by atoms with van der Waals surface area (Å²) in [7, 11) is 0. The predicted molar refractivity (Wildman–Crippen MR) is 93.7 cm³/mol. The van der Waals surface area contributed by atoms with Gasteiger partial charge in [-0.15, -0.1) is 0 Å². The Morgan fingerprint density at radius 1 is 1.30 bits per heavy atom. The van der Waals surface area contributed by atoms with E-state index < -0.39 is 18.3 Å². The lowest BCUT2D eigenvalue weighted by molar-refractivity contribution is -0.223. The molecule has 2 aliphatic heterocycles. The van der Waals surface area contributed by atoms with E-state index >= 15 is 0 Å².